The number of halogens is 1. The Morgan fingerprint density at radius 3 is 2.62 bits per heavy atom. The fourth-order valence-corrected chi connectivity index (χ4v) is 4.09. The molecule has 0 atom stereocenters. The molecule has 1 saturated heterocycles. The van der Waals surface area contributed by atoms with Crippen LogP contribution in [0.2, 0.25) is 4.34 Å². The Morgan fingerprint density at radius 1 is 1.25 bits per heavy atom. The summed E-state index contributed by atoms with van der Waals surface area (Å²) in [4.78, 5) is 10.6. The lowest BCUT2D eigenvalue weighted by Crippen LogP contribution is -2.52. The summed E-state index contributed by atoms with van der Waals surface area (Å²) in [6, 6.07) is 8.30. The minimum absolute atomic E-state index is 0.796. The van der Waals surface area contributed by atoms with E-state index in [0.717, 1.165) is 49.6 Å². The Hall–Kier alpha value is -1.50. The predicted octanol–water partition coefficient (Wildman–Crippen LogP) is 2.63. The zero-order chi connectivity index (χ0) is 16.9. The van der Waals surface area contributed by atoms with Crippen LogP contribution in [0.4, 0.5) is 0 Å². The third-order valence-corrected chi connectivity index (χ3v) is 5.59. The second kappa shape index (κ2) is 8.05. The zero-order valence-electron chi connectivity index (χ0n) is 14.2. The van der Waals surface area contributed by atoms with Crippen LogP contribution in [0.15, 0.2) is 35.5 Å². The molecule has 2 aromatic rings. The lowest BCUT2D eigenvalue weighted by molar-refractivity contribution is 0.173. The third-order valence-electron chi connectivity index (χ3n) is 4.37. The van der Waals surface area contributed by atoms with Gasteiger partial charge in [0.2, 0.25) is 0 Å². The lowest BCUT2D eigenvalue weighted by atomic mass is 10.3. The van der Waals surface area contributed by atoms with Gasteiger partial charge in [-0.05, 0) is 24.3 Å². The van der Waals surface area contributed by atoms with Crippen molar-refractivity contribution < 1.29 is 0 Å². The van der Waals surface area contributed by atoms with Crippen molar-refractivity contribution >= 4 is 28.9 Å². The molecule has 7 heteroatoms. The molecule has 0 aliphatic carbocycles. The average Bonchev–Trinajstić information content (AvgIpc) is 3.18. The minimum Gasteiger partial charge on any atom is -0.353 e. The molecule has 3 heterocycles. The normalized spacial score (nSPS) is 16.6. The Balaban J connectivity index is 1.48. The average molecular weight is 366 g/mol. The molecule has 1 N–H and O–H groups in total. The smallest absolute Gasteiger partial charge is 0.194 e. The van der Waals surface area contributed by atoms with Gasteiger partial charge < -0.3 is 14.8 Å². The first-order valence-electron chi connectivity index (χ1n) is 8.18. The van der Waals surface area contributed by atoms with Gasteiger partial charge in [-0.1, -0.05) is 11.6 Å². The molecular formula is C17H24ClN5S. The molecule has 0 amide bonds. The molecule has 0 aromatic carbocycles. The fraction of sp³-hybridized carbons (Fsp3) is 0.471. The first kappa shape index (κ1) is 17.3. The van der Waals surface area contributed by atoms with E-state index in [1.807, 2.05) is 13.1 Å². The van der Waals surface area contributed by atoms with E-state index >= 15 is 0 Å². The maximum Gasteiger partial charge on any atom is 0.194 e. The number of aromatic nitrogens is 1. The minimum atomic E-state index is 0.796. The van der Waals surface area contributed by atoms with Gasteiger partial charge in [0.1, 0.15) is 0 Å². The van der Waals surface area contributed by atoms with E-state index < -0.39 is 0 Å². The topological polar surface area (TPSA) is 35.8 Å². The maximum atomic E-state index is 6.02. The van der Waals surface area contributed by atoms with Crippen molar-refractivity contribution in [3.8, 4) is 0 Å². The van der Waals surface area contributed by atoms with E-state index in [0.29, 0.717) is 0 Å². The Kier molecular flexibility index (Phi) is 5.81. The number of hydrogen-bond acceptors (Lipinski definition) is 3. The SMILES string of the molecule is CN=C(NCc1cccn1C)N1CCN(Cc2ccc(Cl)s2)CC1. The van der Waals surface area contributed by atoms with Crippen molar-refractivity contribution in [1.82, 2.24) is 19.7 Å². The molecule has 0 spiro atoms. The fourth-order valence-electron chi connectivity index (χ4n) is 2.96. The van der Waals surface area contributed by atoms with Crippen LogP contribution in [0, 0.1) is 0 Å². The van der Waals surface area contributed by atoms with Gasteiger partial charge >= 0.3 is 0 Å². The van der Waals surface area contributed by atoms with Crippen molar-refractivity contribution in [2.24, 2.45) is 12.0 Å². The van der Waals surface area contributed by atoms with Gasteiger partial charge in [-0.2, -0.15) is 0 Å². The molecule has 24 heavy (non-hydrogen) atoms. The quantitative estimate of drug-likeness (QED) is 0.668. The van der Waals surface area contributed by atoms with E-state index in [9.17, 15) is 0 Å². The molecule has 1 fully saturated rings. The van der Waals surface area contributed by atoms with Crippen molar-refractivity contribution in [2.45, 2.75) is 13.1 Å². The number of rotatable bonds is 4. The molecule has 0 radical (unpaired) electrons. The van der Waals surface area contributed by atoms with Gasteiger partial charge in [-0.25, -0.2) is 0 Å². The zero-order valence-corrected chi connectivity index (χ0v) is 15.8. The molecule has 0 saturated carbocycles. The van der Waals surface area contributed by atoms with Gasteiger partial charge in [-0.3, -0.25) is 9.89 Å². The highest BCUT2D eigenvalue weighted by molar-refractivity contribution is 7.16. The van der Waals surface area contributed by atoms with Gasteiger partial charge in [-0.15, -0.1) is 11.3 Å². The van der Waals surface area contributed by atoms with Crippen LogP contribution in [-0.2, 0) is 20.1 Å². The van der Waals surface area contributed by atoms with Gasteiger partial charge in [0.05, 0.1) is 10.9 Å². The highest BCUT2D eigenvalue weighted by Crippen LogP contribution is 2.23. The number of nitrogens with one attached hydrogen (secondary N) is 1. The summed E-state index contributed by atoms with van der Waals surface area (Å²) in [7, 11) is 3.92. The van der Waals surface area contributed by atoms with Crippen molar-refractivity contribution in [3.63, 3.8) is 0 Å². The number of aliphatic imine (C=N–C) groups is 1. The van der Waals surface area contributed by atoms with E-state index in [1.165, 1.54) is 10.6 Å². The lowest BCUT2D eigenvalue weighted by Gasteiger charge is -2.36. The molecule has 2 aromatic heterocycles. The second-order valence-corrected chi connectivity index (χ2v) is 7.78. The summed E-state index contributed by atoms with van der Waals surface area (Å²) in [6.45, 7) is 5.85. The summed E-state index contributed by atoms with van der Waals surface area (Å²) >= 11 is 7.69. The van der Waals surface area contributed by atoms with Crippen LogP contribution in [-0.4, -0.2) is 53.6 Å². The molecule has 1 aliphatic heterocycles. The first-order valence-corrected chi connectivity index (χ1v) is 9.37. The Morgan fingerprint density at radius 2 is 2.04 bits per heavy atom. The highest BCUT2D eigenvalue weighted by atomic mass is 35.5. The number of aryl methyl sites for hydroxylation is 1. The third kappa shape index (κ3) is 4.32. The number of guanidine groups is 1. The van der Waals surface area contributed by atoms with Gasteiger partial charge in [0, 0.05) is 63.6 Å². The van der Waals surface area contributed by atoms with E-state index in [-0.39, 0.29) is 0 Å². The van der Waals surface area contributed by atoms with E-state index in [1.54, 1.807) is 11.3 Å². The summed E-state index contributed by atoms with van der Waals surface area (Å²) in [5.74, 6) is 0.981. The number of hydrogen-bond donors (Lipinski definition) is 1. The van der Waals surface area contributed by atoms with Crippen LogP contribution in [0.3, 0.4) is 0 Å². The van der Waals surface area contributed by atoms with Gasteiger partial charge in [0.15, 0.2) is 5.96 Å². The number of nitrogens with zero attached hydrogens (tertiary/aromatic N) is 4. The Bertz CT molecular complexity index is 685. The second-order valence-electron chi connectivity index (χ2n) is 5.98. The first-order chi connectivity index (χ1) is 11.7. The van der Waals surface area contributed by atoms with Crippen LogP contribution in [0.1, 0.15) is 10.6 Å². The maximum absolute atomic E-state index is 6.02. The highest BCUT2D eigenvalue weighted by Gasteiger charge is 2.20. The van der Waals surface area contributed by atoms with Crippen molar-refractivity contribution in [2.75, 3.05) is 33.2 Å². The number of piperazine rings is 1. The molecule has 5 nitrogen and oxygen atoms in total. The predicted molar refractivity (Wildman–Crippen MR) is 102 cm³/mol. The van der Waals surface area contributed by atoms with Crippen LogP contribution >= 0.6 is 22.9 Å². The van der Waals surface area contributed by atoms with Crippen LogP contribution in [0.25, 0.3) is 0 Å². The number of thiophene rings is 1. The summed E-state index contributed by atoms with van der Waals surface area (Å²) in [5, 5.41) is 3.47. The monoisotopic (exact) mass is 365 g/mol. The van der Waals surface area contributed by atoms with Crippen LogP contribution in [0.5, 0.6) is 0 Å². The largest absolute Gasteiger partial charge is 0.353 e. The van der Waals surface area contributed by atoms with Gasteiger partial charge in [0.25, 0.3) is 0 Å². The molecule has 0 unspecified atom stereocenters. The summed E-state index contributed by atoms with van der Waals surface area (Å²) in [5.41, 5.74) is 1.25. The van der Waals surface area contributed by atoms with E-state index in [4.69, 9.17) is 11.6 Å². The Labute approximate surface area is 152 Å². The molecule has 3 rings (SSSR count). The summed E-state index contributed by atoms with van der Waals surface area (Å²) in [6.07, 6.45) is 2.06. The molecular weight excluding hydrogens is 342 g/mol. The van der Waals surface area contributed by atoms with Crippen molar-refractivity contribution in [3.05, 3.63) is 45.4 Å². The molecule has 130 valence electrons. The standard InChI is InChI=1S/C17H24ClN5S/c1-19-17(20-12-14-4-3-7-21(14)2)23-10-8-22(9-11-23)13-15-5-6-16(18)24-15/h3-7H,8-13H2,1-2H3,(H,19,20). The van der Waals surface area contributed by atoms with Crippen LogP contribution < -0.4 is 5.32 Å². The molecule has 0 bridgehead atoms. The van der Waals surface area contributed by atoms with E-state index in [2.05, 4.69) is 56.1 Å². The van der Waals surface area contributed by atoms with Crippen molar-refractivity contribution in [1.29, 1.82) is 0 Å². The summed E-state index contributed by atoms with van der Waals surface area (Å²) < 4.78 is 3.00. The molecule has 1 aliphatic rings.